The van der Waals surface area contributed by atoms with Crippen LogP contribution in [0.5, 0.6) is 5.75 Å². The Labute approximate surface area is 147 Å². The van der Waals surface area contributed by atoms with Crippen molar-refractivity contribution in [1.82, 2.24) is 0 Å². The van der Waals surface area contributed by atoms with Crippen molar-refractivity contribution in [3.63, 3.8) is 0 Å². The van der Waals surface area contributed by atoms with Gasteiger partial charge in [-0.2, -0.15) is 4.39 Å². The smallest absolute Gasteiger partial charge is 0.336 e. The Morgan fingerprint density at radius 1 is 1.36 bits per heavy atom. The zero-order chi connectivity index (χ0) is 19.1. The molecule has 0 spiro atoms. The summed E-state index contributed by atoms with van der Waals surface area (Å²) >= 11 is 0.766. The van der Waals surface area contributed by atoms with Crippen molar-refractivity contribution in [3.05, 3.63) is 39.8 Å². The third-order valence-corrected chi connectivity index (χ3v) is 4.01. The molecule has 1 heterocycles. The van der Waals surface area contributed by atoms with E-state index in [1.54, 1.807) is 13.8 Å². The second-order valence-corrected chi connectivity index (χ2v) is 6.07. The molecule has 0 saturated heterocycles. The Hall–Kier alpha value is -1.68. The summed E-state index contributed by atoms with van der Waals surface area (Å²) in [7, 11) is 1.00. The van der Waals surface area contributed by atoms with Crippen molar-refractivity contribution in [3.8, 4) is 5.75 Å². The van der Waals surface area contributed by atoms with Crippen LogP contribution in [0, 0.1) is 18.6 Å². The van der Waals surface area contributed by atoms with Gasteiger partial charge in [-0.3, -0.25) is 0 Å². The zero-order valence-corrected chi connectivity index (χ0v) is 14.9. The lowest BCUT2D eigenvalue weighted by Crippen LogP contribution is -2.27. The van der Waals surface area contributed by atoms with Gasteiger partial charge in [0.2, 0.25) is 11.6 Å². The molecule has 2 unspecified atom stereocenters. The van der Waals surface area contributed by atoms with Crippen LogP contribution in [0.1, 0.15) is 18.9 Å². The number of hydrogen-bond donors (Lipinski definition) is 3. The lowest BCUT2D eigenvalue weighted by molar-refractivity contribution is 0.177. The lowest BCUT2D eigenvalue weighted by atomic mass is 10.1. The van der Waals surface area contributed by atoms with E-state index in [-0.39, 0.29) is 22.8 Å². The fourth-order valence-electron chi connectivity index (χ4n) is 2.12. The van der Waals surface area contributed by atoms with Crippen LogP contribution in [-0.2, 0) is 0 Å². The number of fused-ring (bicyclic) bond motifs is 1. The third kappa shape index (κ3) is 5.67. The van der Waals surface area contributed by atoms with Crippen LogP contribution in [0.3, 0.4) is 0 Å². The van der Waals surface area contributed by atoms with Gasteiger partial charge >= 0.3 is 5.63 Å². The second kappa shape index (κ2) is 9.71. The fourth-order valence-corrected chi connectivity index (χ4v) is 2.77. The minimum Gasteiger partial charge on any atom is -0.419 e. The SMILES string of the molecule is CO.Cc1cc(=O)oc2c(F)c(OSCC(N)CC(C)O)c(F)cc12. The summed E-state index contributed by atoms with van der Waals surface area (Å²) < 4.78 is 38.2. The maximum Gasteiger partial charge on any atom is 0.336 e. The van der Waals surface area contributed by atoms with Crippen molar-refractivity contribution in [1.29, 1.82) is 0 Å². The van der Waals surface area contributed by atoms with E-state index in [0.717, 1.165) is 31.3 Å². The summed E-state index contributed by atoms with van der Waals surface area (Å²) in [5.41, 5.74) is 5.08. The third-order valence-electron chi connectivity index (χ3n) is 3.16. The van der Waals surface area contributed by atoms with Crippen molar-refractivity contribution in [2.24, 2.45) is 5.73 Å². The Bertz CT molecular complexity index is 766. The highest BCUT2D eigenvalue weighted by atomic mass is 32.2. The highest BCUT2D eigenvalue weighted by Gasteiger charge is 2.20. The summed E-state index contributed by atoms with van der Waals surface area (Å²) in [5.74, 6) is -2.37. The largest absolute Gasteiger partial charge is 0.419 e. The molecule has 140 valence electrons. The van der Waals surface area contributed by atoms with Gasteiger partial charge in [0.05, 0.1) is 18.1 Å². The topological polar surface area (TPSA) is 106 Å². The van der Waals surface area contributed by atoms with Crippen LogP contribution < -0.4 is 15.5 Å². The first-order valence-electron chi connectivity index (χ1n) is 7.40. The van der Waals surface area contributed by atoms with E-state index in [2.05, 4.69) is 0 Å². The van der Waals surface area contributed by atoms with Gasteiger partial charge in [0.1, 0.15) is 0 Å². The van der Waals surface area contributed by atoms with Gasteiger partial charge in [0.15, 0.2) is 11.4 Å². The Balaban J connectivity index is 0.00000151. The van der Waals surface area contributed by atoms with E-state index in [1.807, 2.05) is 0 Å². The first kappa shape index (κ1) is 21.4. The normalized spacial score (nSPS) is 13.1. The van der Waals surface area contributed by atoms with Gasteiger partial charge in [-0.15, -0.1) is 0 Å². The number of rotatable bonds is 6. The molecule has 4 N–H and O–H groups in total. The summed E-state index contributed by atoms with van der Waals surface area (Å²) in [6, 6.07) is 1.83. The molecule has 0 saturated carbocycles. The van der Waals surface area contributed by atoms with E-state index < -0.39 is 29.1 Å². The van der Waals surface area contributed by atoms with E-state index in [9.17, 15) is 18.7 Å². The van der Waals surface area contributed by atoms with Crippen LogP contribution in [-0.4, -0.2) is 35.2 Å². The van der Waals surface area contributed by atoms with Crippen LogP contribution in [0.4, 0.5) is 8.78 Å². The first-order valence-corrected chi connectivity index (χ1v) is 8.31. The molecule has 2 aromatic rings. The van der Waals surface area contributed by atoms with Gasteiger partial charge in [0.25, 0.3) is 0 Å². The molecule has 0 radical (unpaired) electrons. The molecule has 25 heavy (non-hydrogen) atoms. The molecule has 6 nitrogen and oxygen atoms in total. The van der Waals surface area contributed by atoms with Gasteiger partial charge in [-0.25, -0.2) is 9.18 Å². The van der Waals surface area contributed by atoms with Crippen molar-refractivity contribution in [2.45, 2.75) is 32.4 Å². The molecule has 0 amide bonds. The number of halogens is 2. The van der Waals surface area contributed by atoms with E-state index in [1.165, 1.54) is 0 Å². The van der Waals surface area contributed by atoms with E-state index >= 15 is 0 Å². The van der Waals surface area contributed by atoms with Gasteiger partial charge < -0.3 is 24.5 Å². The van der Waals surface area contributed by atoms with Crippen LogP contribution in [0.2, 0.25) is 0 Å². The fraction of sp³-hybridized carbons (Fsp3) is 0.438. The Morgan fingerprint density at radius 3 is 2.60 bits per heavy atom. The zero-order valence-electron chi connectivity index (χ0n) is 14.1. The molecule has 0 aliphatic rings. The molecular formula is C16H21F2NO5S. The molecule has 0 aliphatic carbocycles. The Morgan fingerprint density at radius 2 is 2.00 bits per heavy atom. The molecule has 0 bridgehead atoms. The average Bonchev–Trinajstić information content (AvgIpc) is 2.53. The average molecular weight is 377 g/mol. The lowest BCUT2D eigenvalue weighted by Gasteiger charge is -2.13. The van der Waals surface area contributed by atoms with Gasteiger partial charge in [0, 0.05) is 30.4 Å². The van der Waals surface area contributed by atoms with Crippen molar-refractivity contribution in [2.75, 3.05) is 12.9 Å². The van der Waals surface area contributed by atoms with Gasteiger partial charge in [-0.1, -0.05) is 0 Å². The Kier molecular flexibility index (Phi) is 8.30. The summed E-state index contributed by atoms with van der Waals surface area (Å²) in [5, 5.41) is 16.4. The number of nitrogens with two attached hydrogens (primary N) is 1. The quantitative estimate of drug-likeness (QED) is 0.523. The van der Waals surface area contributed by atoms with E-state index in [4.69, 9.17) is 19.4 Å². The van der Waals surface area contributed by atoms with Crippen molar-refractivity contribution < 1.29 is 27.6 Å². The van der Waals surface area contributed by atoms with Gasteiger partial charge in [-0.05, 0) is 31.9 Å². The second-order valence-electron chi connectivity index (χ2n) is 5.34. The number of aliphatic hydroxyl groups excluding tert-OH is 2. The molecular weight excluding hydrogens is 356 g/mol. The molecule has 1 aromatic carbocycles. The van der Waals surface area contributed by atoms with Crippen LogP contribution >= 0.6 is 12.0 Å². The summed E-state index contributed by atoms with van der Waals surface area (Å²) in [4.78, 5) is 11.3. The predicted octanol–water partition coefficient (Wildman–Crippen LogP) is 2.11. The number of benzene rings is 1. The standard InChI is InChI=1S/C15H17F2NO4S.CH4O/c1-7-3-12(20)21-14-10(7)5-11(16)15(13(14)17)22-23-6-9(18)4-8(2)19;1-2/h3,5,8-9,19H,4,6,18H2,1-2H3;2H,1H3. The molecule has 0 fully saturated rings. The molecule has 9 heteroatoms. The minimum atomic E-state index is -1.07. The molecule has 2 rings (SSSR count). The van der Waals surface area contributed by atoms with Crippen LogP contribution in [0.15, 0.2) is 21.3 Å². The molecule has 0 aliphatic heterocycles. The minimum absolute atomic E-state index is 0.169. The molecule has 2 atom stereocenters. The number of aryl methyl sites for hydroxylation is 1. The molecule has 1 aromatic heterocycles. The first-order chi connectivity index (χ1) is 11.8. The number of aliphatic hydroxyl groups is 2. The van der Waals surface area contributed by atoms with E-state index in [0.29, 0.717) is 12.0 Å². The highest BCUT2D eigenvalue weighted by molar-refractivity contribution is 7.95. The monoisotopic (exact) mass is 377 g/mol. The maximum absolute atomic E-state index is 14.3. The van der Waals surface area contributed by atoms with Crippen LogP contribution in [0.25, 0.3) is 11.0 Å². The summed E-state index contributed by atoms with van der Waals surface area (Å²) in [6.45, 7) is 3.15. The number of hydrogen-bond acceptors (Lipinski definition) is 7. The predicted molar refractivity (Wildman–Crippen MR) is 92.6 cm³/mol. The van der Waals surface area contributed by atoms with Crippen molar-refractivity contribution >= 4 is 23.0 Å². The maximum atomic E-state index is 14.3. The summed E-state index contributed by atoms with van der Waals surface area (Å²) in [6.07, 6.45) is -0.232. The highest BCUT2D eigenvalue weighted by Crippen LogP contribution is 2.32.